The van der Waals surface area contributed by atoms with Gasteiger partial charge in [-0.15, -0.1) is 0 Å². The fraction of sp³-hybridized carbons (Fsp3) is 0.375. The van der Waals surface area contributed by atoms with Crippen molar-refractivity contribution in [1.29, 1.82) is 0 Å². The smallest absolute Gasteiger partial charge is 0.320 e. The van der Waals surface area contributed by atoms with Crippen molar-refractivity contribution in [2.75, 3.05) is 20.2 Å². The van der Waals surface area contributed by atoms with Gasteiger partial charge >= 0.3 is 5.97 Å². The summed E-state index contributed by atoms with van der Waals surface area (Å²) in [4.78, 5) is 13.2. The lowest BCUT2D eigenvalue weighted by Gasteiger charge is -2.12. The van der Waals surface area contributed by atoms with Crippen LogP contribution in [-0.4, -0.2) is 36.2 Å². The van der Waals surface area contributed by atoms with Gasteiger partial charge in [0, 0.05) is 11.6 Å². The zero-order chi connectivity index (χ0) is 15.2. The van der Waals surface area contributed by atoms with Crippen LogP contribution in [0.4, 0.5) is 0 Å². The molecule has 0 aliphatic rings. The van der Waals surface area contributed by atoms with Gasteiger partial charge in [0.25, 0.3) is 0 Å². The zero-order valence-corrected chi connectivity index (χ0v) is 12.6. The van der Waals surface area contributed by atoms with E-state index in [4.69, 9.17) is 9.26 Å². The second-order valence-corrected chi connectivity index (χ2v) is 5.02. The molecule has 0 saturated carbocycles. The summed E-state index contributed by atoms with van der Waals surface area (Å²) in [5, 5.41) is 4.07. The molecular weight excluding hydrogens is 268 g/mol. The van der Waals surface area contributed by atoms with Crippen LogP contribution in [0.5, 0.6) is 0 Å². The minimum absolute atomic E-state index is 0.231. The molecule has 1 aromatic heterocycles. The molecule has 0 fully saturated rings. The molecule has 0 saturated heterocycles. The van der Waals surface area contributed by atoms with Crippen molar-refractivity contribution in [1.82, 2.24) is 10.1 Å². The summed E-state index contributed by atoms with van der Waals surface area (Å²) in [6, 6.07) is 10.00. The Hall–Kier alpha value is -2.14. The third-order valence-corrected chi connectivity index (χ3v) is 3.04. The summed E-state index contributed by atoms with van der Waals surface area (Å²) in [7, 11) is 1.84. The normalized spacial score (nSPS) is 10.9. The van der Waals surface area contributed by atoms with Gasteiger partial charge < -0.3 is 9.26 Å². The lowest BCUT2D eigenvalue weighted by molar-refractivity contribution is -0.144. The quantitative estimate of drug-likeness (QED) is 0.765. The fourth-order valence-corrected chi connectivity index (χ4v) is 2.00. The van der Waals surface area contributed by atoms with Gasteiger partial charge in [-0.05, 0) is 20.9 Å². The molecule has 0 spiro atoms. The Morgan fingerprint density at radius 2 is 2.05 bits per heavy atom. The van der Waals surface area contributed by atoms with Gasteiger partial charge in [0.15, 0.2) is 5.76 Å². The van der Waals surface area contributed by atoms with E-state index < -0.39 is 0 Å². The number of aromatic nitrogens is 1. The maximum atomic E-state index is 11.4. The first-order valence-corrected chi connectivity index (χ1v) is 6.95. The molecule has 2 rings (SSSR count). The van der Waals surface area contributed by atoms with Crippen LogP contribution in [0, 0.1) is 6.92 Å². The van der Waals surface area contributed by atoms with Gasteiger partial charge in [-0.1, -0.05) is 35.0 Å². The number of rotatable bonds is 6. The average Bonchev–Trinajstić information content (AvgIpc) is 2.88. The number of ether oxygens (including phenoxy) is 1. The van der Waals surface area contributed by atoms with Crippen LogP contribution in [-0.2, 0) is 16.1 Å². The molecule has 0 aliphatic heterocycles. The van der Waals surface area contributed by atoms with Gasteiger partial charge in [0.05, 0.1) is 19.7 Å². The van der Waals surface area contributed by atoms with Gasteiger partial charge in [0.1, 0.15) is 5.69 Å². The SMILES string of the molecule is CCOC(=O)CN(C)Cc1cc(-c2ccc(C)cc2)no1. The molecule has 1 heterocycles. The van der Waals surface area contributed by atoms with Crippen LogP contribution in [0.15, 0.2) is 34.9 Å². The third kappa shape index (κ3) is 4.43. The van der Waals surface area contributed by atoms with Crippen LogP contribution >= 0.6 is 0 Å². The maximum absolute atomic E-state index is 11.4. The standard InChI is InChI=1S/C16H20N2O3/c1-4-20-16(19)11-18(3)10-14-9-15(17-21-14)13-7-5-12(2)6-8-13/h5-9H,4,10-11H2,1-3H3. The van der Waals surface area contributed by atoms with Crippen molar-refractivity contribution in [2.45, 2.75) is 20.4 Å². The number of nitrogens with zero attached hydrogens (tertiary/aromatic N) is 2. The molecule has 5 nitrogen and oxygen atoms in total. The number of hydrogen-bond donors (Lipinski definition) is 0. The van der Waals surface area contributed by atoms with Crippen LogP contribution < -0.4 is 0 Å². The number of carbonyl (C=O) groups excluding carboxylic acids is 1. The summed E-state index contributed by atoms with van der Waals surface area (Å²) in [5.41, 5.74) is 3.02. The largest absolute Gasteiger partial charge is 0.465 e. The zero-order valence-electron chi connectivity index (χ0n) is 12.6. The minimum Gasteiger partial charge on any atom is -0.465 e. The number of aryl methyl sites for hydroxylation is 1. The molecule has 0 unspecified atom stereocenters. The highest BCUT2D eigenvalue weighted by atomic mass is 16.5. The highest BCUT2D eigenvalue weighted by Crippen LogP contribution is 2.20. The van der Waals surface area contributed by atoms with E-state index in [0.717, 1.165) is 17.0 Å². The summed E-state index contributed by atoms with van der Waals surface area (Å²) in [5.74, 6) is 0.482. The summed E-state index contributed by atoms with van der Waals surface area (Å²) in [6.45, 7) is 4.98. The number of likely N-dealkylation sites (N-methyl/N-ethyl adjacent to an activating group) is 1. The van der Waals surface area contributed by atoms with E-state index in [1.165, 1.54) is 5.56 Å². The topological polar surface area (TPSA) is 55.6 Å². The average molecular weight is 288 g/mol. The van der Waals surface area contributed by atoms with Gasteiger partial charge in [-0.25, -0.2) is 0 Å². The third-order valence-electron chi connectivity index (χ3n) is 3.04. The molecule has 0 aliphatic carbocycles. The van der Waals surface area contributed by atoms with E-state index >= 15 is 0 Å². The Kier molecular flexibility index (Phi) is 5.11. The first kappa shape index (κ1) is 15.3. The molecule has 0 N–H and O–H groups in total. The van der Waals surface area contributed by atoms with Gasteiger partial charge in [0.2, 0.25) is 0 Å². The van der Waals surface area contributed by atoms with Crippen LogP contribution in [0.2, 0.25) is 0 Å². The van der Waals surface area contributed by atoms with Crippen molar-refractivity contribution < 1.29 is 14.1 Å². The molecule has 112 valence electrons. The Balaban J connectivity index is 1.96. The van der Waals surface area contributed by atoms with E-state index in [1.807, 2.05) is 49.2 Å². The molecule has 21 heavy (non-hydrogen) atoms. The summed E-state index contributed by atoms with van der Waals surface area (Å²) in [6.07, 6.45) is 0. The molecule has 0 radical (unpaired) electrons. The number of hydrogen-bond acceptors (Lipinski definition) is 5. The Morgan fingerprint density at radius 1 is 1.33 bits per heavy atom. The van der Waals surface area contributed by atoms with Crippen LogP contribution in [0.25, 0.3) is 11.3 Å². The number of carbonyl (C=O) groups is 1. The van der Waals surface area contributed by atoms with E-state index in [-0.39, 0.29) is 12.5 Å². The van der Waals surface area contributed by atoms with E-state index in [9.17, 15) is 4.79 Å². The first-order chi connectivity index (χ1) is 10.1. The van der Waals surface area contributed by atoms with Crippen LogP contribution in [0.1, 0.15) is 18.2 Å². The van der Waals surface area contributed by atoms with Crippen molar-refractivity contribution in [3.8, 4) is 11.3 Å². The molecule has 0 atom stereocenters. The molecular formula is C16H20N2O3. The number of benzene rings is 1. The highest BCUT2D eigenvalue weighted by molar-refractivity contribution is 5.71. The van der Waals surface area contributed by atoms with Crippen molar-refractivity contribution in [3.05, 3.63) is 41.7 Å². The molecule has 5 heteroatoms. The van der Waals surface area contributed by atoms with E-state index in [2.05, 4.69) is 5.16 Å². The van der Waals surface area contributed by atoms with Crippen molar-refractivity contribution in [3.63, 3.8) is 0 Å². The van der Waals surface area contributed by atoms with Crippen LogP contribution in [0.3, 0.4) is 0 Å². The molecule has 0 bridgehead atoms. The monoisotopic (exact) mass is 288 g/mol. The molecule has 0 amide bonds. The van der Waals surface area contributed by atoms with Crippen molar-refractivity contribution in [2.24, 2.45) is 0 Å². The van der Waals surface area contributed by atoms with Gasteiger partial charge in [-0.3, -0.25) is 9.69 Å². The van der Waals surface area contributed by atoms with Crippen molar-refractivity contribution >= 4 is 5.97 Å². The molecule has 2 aromatic rings. The second kappa shape index (κ2) is 7.04. The Labute approximate surface area is 124 Å². The fourth-order valence-electron chi connectivity index (χ4n) is 2.00. The van der Waals surface area contributed by atoms with Gasteiger partial charge in [-0.2, -0.15) is 0 Å². The van der Waals surface area contributed by atoms with E-state index in [1.54, 1.807) is 6.92 Å². The maximum Gasteiger partial charge on any atom is 0.320 e. The highest BCUT2D eigenvalue weighted by Gasteiger charge is 2.12. The lowest BCUT2D eigenvalue weighted by Crippen LogP contribution is -2.26. The lowest BCUT2D eigenvalue weighted by atomic mass is 10.1. The predicted molar refractivity (Wildman–Crippen MR) is 79.6 cm³/mol. The van der Waals surface area contributed by atoms with E-state index in [0.29, 0.717) is 13.2 Å². The Bertz CT molecular complexity index is 590. The Morgan fingerprint density at radius 3 is 2.71 bits per heavy atom. The summed E-state index contributed by atoms with van der Waals surface area (Å²) < 4.78 is 10.2. The molecule has 1 aromatic carbocycles. The predicted octanol–water partition coefficient (Wildman–Crippen LogP) is 2.64. The summed E-state index contributed by atoms with van der Waals surface area (Å²) >= 11 is 0. The number of esters is 1. The first-order valence-electron chi connectivity index (χ1n) is 6.95. The second-order valence-electron chi connectivity index (χ2n) is 5.02. The minimum atomic E-state index is -0.238.